The quantitative estimate of drug-likeness (QED) is 0.240. The van der Waals surface area contributed by atoms with Crippen LogP contribution in [0.4, 0.5) is 5.69 Å². The molecule has 2 N–H and O–H groups in total. The lowest BCUT2D eigenvalue weighted by atomic mass is 10.2. The summed E-state index contributed by atoms with van der Waals surface area (Å²) in [5.74, 6) is -0.612. The number of hydrogen-bond acceptors (Lipinski definition) is 5. The number of nitrogens with one attached hydrogen (secondary N) is 2. The van der Waals surface area contributed by atoms with Gasteiger partial charge in [0.25, 0.3) is 17.2 Å². The van der Waals surface area contributed by atoms with E-state index >= 15 is 0 Å². The molecule has 9 nitrogen and oxygen atoms in total. The molecule has 148 valence electrons. The Morgan fingerprint density at radius 2 is 1.93 bits per heavy atom. The lowest BCUT2D eigenvalue weighted by Gasteiger charge is -2.02. The molecule has 29 heavy (non-hydrogen) atoms. The van der Waals surface area contributed by atoms with Crippen molar-refractivity contribution in [2.45, 2.75) is 13.8 Å². The first kappa shape index (κ1) is 20.5. The van der Waals surface area contributed by atoms with Gasteiger partial charge in [-0.1, -0.05) is 6.07 Å². The second kappa shape index (κ2) is 8.39. The highest BCUT2D eigenvalue weighted by Gasteiger charge is 2.16. The highest BCUT2D eigenvalue weighted by atomic mass is 127. The molecule has 10 heteroatoms. The number of halogens is 1. The van der Waals surface area contributed by atoms with Gasteiger partial charge >= 0.3 is 0 Å². The zero-order valence-corrected chi connectivity index (χ0v) is 17.6. The first-order valence-corrected chi connectivity index (χ1v) is 9.53. The number of H-pyrrole nitrogens is 1. The zero-order valence-electron chi connectivity index (χ0n) is 15.5. The third-order valence-corrected chi connectivity index (χ3v) is 4.88. The maximum atomic E-state index is 12.8. The Kier molecular flexibility index (Phi) is 5.92. The molecule has 3 aromatic rings. The number of nitro benzene ring substituents is 1. The Morgan fingerprint density at radius 3 is 2.59 bits per heavy atom. The molecule has 0 radical (unpaired) electrons. The van der Waals surface area contributed by atoms with Gasteiger partial charge in [-0.3, -0.25) is 24.8 Å². The molecule has 2 aromatic carbocycles. The van der Waals surface area contributed by atoms with Gasteiger partial charge in [-0.05, 0) is 66.8 Å². The van der Waals surface area contributed by atoms with Crippen LogP contribution in [0.2, 0.25) is 0 Å². The van der Waals surface area contributed by atoms with Crippen LogP contribution in [0.3, 0.4) is 0 Å². The van der Waals surface area contributed by atoms with Crippen molar-refractivity contribution in [3.05, 3.63) is 89.4 Å². The second-order valence-corrected chi connectivity index (χ2v) is 7.42. The van der Waals surface area contributed by atoms with E-state index in [4.69, 9.17) is 0 Å². The van der Waals surface area contributed by atoms with E-state index in [-0.39, 0.29) is 16.8 Å². The molecule has 0 fully saturated rings. The van der Waals surface area contributed by atoms with Gasteiger partial charge in [-0.25, -0.2) is 10.1 Å². The SMILES string of the molecule is C/C(=N\NC(=O)c1cccc([N+](=O)[O-])c1)c1c(C)[nH]n(-c2ccc(I)cc2)c1=O. The van der Waals surface area contributed by atoms with Crippen LogP contribution in [0, 0.1) is 20.6 Å². The highest BCUT2D eigenvalue weighted by molar-refractivity contribution is 14.1. The van der Waals surface area contributed by atoms with Gasteiger partial charge in [0.05, 0.1) is 21.9 Å². The minimum absolute atomic E-state index is 0.0952. The molecule has 0 saturated heterocycles. The zero-order chi connectivity index (χ0) is 21.1. The van der Waals surface area contributed by atoms with Crippen molar-refractivity contribution >= 4 is 39.9 Å². The number of aromatic amines is 1. The number of aromatic nitrogens is 2. The smallest absolute Gasteiger partial charge is 0.280 e. The molecule has 0 saturated carbocycles. The number of hydrogen-bond donors (Lipinski definition) is 2. The number of amides is 1. The molecule has 1 aromatic heterocycles. The van der Waals surface area contributed by atoms with Crippen molar-refractivity contribution in [1.29, 1.82) is 0 Å². The number of nitro groups is 1. The monoisotopic (exact) mass is 505 g/mol. The molecule has 0 aliphatic carbocycles. The standard InChI is InChI=1S/C19H16IN5O4/c1-11(21-22-18(26)13-4-3-5-16(10-13)25(28)29)17-12(2)23-24(19(17)27)15-8-6-14(20)7-9-15/h3-10,23H,1-2H3,(H,22,26)/b21-11+. The number of aryl methyl sites for hydroxylation is 1. The number of benzene rings is 2. The van der Waals surface area contributed by atoms with Crippen LogP contribution in [-0.2, 0) is 0 Å². The van der Waals surface area contributed by atoms with Gasteiger partial charge in [0.1, 0.15) is 0 Å². The maximum absolute atomic E-state index is 12.8. The predicted molar refractivity (Wildman–Crippen MR) is 117 cm³/mol. The number of rotatable bonds is 5. The van der Waals surface area contributed by atoms with Crippen molar-refractivity contribution < 1.29 is 9.72 Å². The summed E-state index contributed by atoms with van der Waals surface area (Å²) in [6.07, 6.45) is 0. The van der Waals surface area contributed by atoms with Crippen LogP contribution in [0.15, 0.2) is 58.4 Å². The third kappa shape index (κ3) is 4.42. The Labute approximate surface area is 178 Å². The number of carbonyl (C=O) groups excluding carboxylic acids is 1. The van der Waals surface area contributed by atoms with Crippen molar-refractivity contribution in [3.63, 3.8) is 0 Å². The first-order chi connectivity index (χ1) is 13.8. The molecule has 0 aliphatic heterocycles. The number of carbonyl (C=O) groups is 1. The van der Waals surface area contributed by atoms with Gasteiger partial charge in [0, 0.05) is 27.0 Å². The summed E-state index contributed by atoms with van der Waals surface area (Å²) in [5, 5.41) is 17.8. The average Bonchev–Trinajstić information content (AvgIpc) is 3.00. The van der Waals surface area contributed by atoms with Gasteiger partial charge in [0.15, 0.2) is 0 Å². The van der Waals surface area contributed by atoms with E-state index in [1.54, 1.807) is 13.8 Å². The van der Waals surface area contributed by atoms with Gasteiger partial charge < -0.3 is 0 Å². The molecule has 0 aliphatic rings. The van der Waals surface area contributed by atoms with E-state index in [1.807, 2.05) is 24.3 Å². The van der Waals surface area contributed by atoms with Gasteiger partial charge in [0.2, 0.25) is 0 Å². The fourth-order valence-corrected chi connectivity index (χ4v) is 3.12. The minimum Gasteiger partial charge on any atom is -0.295 e. The second-order valence-electron chi connectivity index (χ2n) is 6.17. The van der Waals surface area contributed by atoms with Crippen molar-refractivity contribution in [2.75, 3.05) is 0 Å². The Hall–Kier alpha value is -3.28. The summed E-state index contributed by atoms with van der Waals surface area (Å²) in [5.41, 5.74) is 3.87. The van der Waals surface area contributed by atoms with Crippen molar-refractivity contribution in [3.8, 4) is 5.69 Å². The predicted octanol–water partition coefficient (Wildman–Crippen LogP) is 3.14. The summed E-state index contributed by atoms with van der Waals surface area (Å²) in [7, 11) is 0. The highest BCUT2D eigenvalue weighted by Crippen LogP contribution is 2.13. The van der Waals surface area contributed by atoms with Crippen molar-refractivity contribution in [2.24, 2.45) is 5.10 Å². The van der Waals surface area contributed by atoms with E-state index in [0.717, 1.165) is 9.64 Å². The molecular formula is C19H16IN5O4. The molecule has 1 amide bonds. The molecule has 0 spiro atoms. The van der Waals surface area contributed by atoms with Crippen LogP contribution in [0.25, 0.3) is 5.69 Å². The summed E-state index contributed by atoms with van der Waals surface area (Å²) in [6.45, 7) is 3.34. The third-order valence-electron chi connectivity index (χ3n) is 4.16. The first-order valence-electron chi connectivity index (χ1n) is 8.45. The summed E-state index contributed by atoms with van der Waals surface area (Å²) in [6, 6.07) is 12.7. The summed E-state index contributed by atoms with van der Waals surface area (Å²) < 4.78 is 2.45. The minimum atomic E-state index is -0.612. The molecule has 1 heterocycles. The number of hydrazone groups is 1. The maximum Gasteiger partial charge on any atom is 0.280 e. The van der Waals surface area contributed by atoms with Gasteiger partial charge in [-0.2, -0.15) is 5.10 Å². The summed E-state index contributed by atoms with van der Waals surface area (Å²) in [4.78, 5) is 35.3. The van der Waals surface area contributed by atoms with E-state index in [0.29, 0.717) is 22.7 Å². The van der Waals surface area contributed by atoms with Crippen molar-refractivity contribution in [1.82, 2.24) is 15.2 Å². The van der Waals surface area contributed by atoms with E-state index < -0.39 is 10.8 Å². The lowest BCUT2D eigenvalue weighted by molar-refractivity contribution is -0.384. The average molecular weight is 505 g/mol. The van der Waals surface area contributed by atoms with Crippen LogP contribution < -0.4 is 11.0 Å². The largest absolute Gasteiger partial charge is 0.295 e. The fraction of sp³-hybridized carbons (Fsp3) is 0.105. The van der Waals surface area contributed by atoms with Gasteiger partial charge in [-0.15, -0.1) is 0 Å². The normalized spacial score (nSPS) is 11.3. The van der Waals surface area contributed by atoms with Crippen LogP contribution >= 0.6 is 22.6 Å². The summed E-state index contributed by atoms with van der Waals surface area (Å²) >= 11 is 2.18. The fourth-order valence-electron chi connectivity index (χ4n) is 2.76. The Bertz CT molecular complexity index is 1180. The molecular weight excluding hydrogens is 489 g/mol. The van der Waals surface area contributed by atoms with E-state index in [2.05, 4.69) is 38.2 Å². The van der Waals surface area contributed by atoms with E-state index in [1.165, 1.54) is 22.9 Å². The molecule has 0 bridgehead atoms. The molecule has 3 rings (SSSR count). The van der Waals surface area contributed by atoms with Crippen LogP contribution in [0.1, 0.15) is 28.5 Å². The number of non-ortho nitro benzene ring substituents is 1. The molecule has 0 atom stereocenters. The topological polar surface area (TPSA) is 122 Å². The van der Waals surface area contributed by atoms with E-state index in [9.17, 15) is 19.7 Å². The Morgan fingerprint density at radius 1 is 1.24 bits per heavy atom. The lowest BCUT2D eigenvalue weighted by Crippen LogP contribution is -2.23. The van der Waals surface area contributed by atoms with Crippen LogP contribution in [0.5, 0.6) is 0 Å². The van der Waals surface area contributed by atoms with Crippen LogP contribution in [-0.4, -0.2) is 26.3 Å². The molecule has 0 unspecified atom stereocenters. The number of nitrogens with zero attached hydrogens (tertiary/aromatic N) is 3. The Balaban J connectivity index is 1.86.